The van der Waals surface area contributed by atoms with Crippen molar-refractivity contribution >= 4 is 0 Å². The van der Waals surface area contributed by atoms with Gasteiger partial charge in [-0.05, 0) is 12.8 Å². The van der Waals surface area contributed by atoms with Crippen LogP contribution in [-0.4, -0.2) is 9.67 Å². The summed E-state index contributed by atoms with van der Waals surface area (Å²) >= 11 is 0. The van der Waals surface area contributed by atoms with Crippen LogP contribution in [-0.2, 0) is 13.0 Å². The fraction of sp³-hybridized carbons (Fsp3) is 0.500. The van der Waals surface area contributed by atoms with Gasteiger partial charge in [-0.2, -0.15) is 0 Å². The highest BCUT2D eigenvalue weighted by molar-refractivity contribution is 5.16. The van der Waals surface area contributed by atoms with Gasteiger partial charge < -0.3 is 9.52 Å². The quantitative estimate of drug-likeness (QED) is 0.557. The summed E-state index contributed by atoms with van der Waals surface area (Å²) in [5.41, 5.74) is 0.644. The van der Waals surface area contributed by atoms with Gasteiger partial charge in [-0.1, -0.05) is 0 Å². The van der Waals surface area contributed by atoms with Gasteiger partial charge in [0, 0.05) is 6.54 Å². The lowest BCUT2D eigenvalue weighted by molar-refractivity contribution is 0.311. The Hall–Kier alpha value is -1.19. The minimum Gasteiger partial charge on any atom is -0.479 e. The maximum atomic E-state index is 10.8. The van der Waals surface area contributed by atoms with E-state index in [0.717, 1.165) is 12.8 Å². The third kappa shape index (κ3) is 0.531. The van der Waals surface area contributed by atoms with Crippen LogP contribution in [0.4, 0.5) is 0 Å². The Morgan fingerprint density at radius 2 is 2.40 bits per heavy atom. The minimum absolute atomic E-state index is 0.206. The molecule has 0 unspecified atom stereocenters. The van der Waals surface area contributed by atoms with Crippen LogP contribution in [0.1, 0.15) is 12.1 Å². The molecule has 0 aliphatic carbocycles. The predicted molar refractivity (Wildman–Crippen MR) is 33.0 cm³/mol. The van der Waals surface area contributed by atoms with Crippen LogP contribution in [0, 0.1) is 0 Å². The lowest BCUT2D eigenvalue weighted by Gasteiger charge is -1.85. The lowest BCUT2D eigenvalue weighted by atomic mass is 10.3. The van der Waals surface area contributed by atoms with Crippen LogP contribution in [0.15, 0.2) is 9.21 Å². The first-order valence-corrected chi connectivity index (χ1v) is 3.20. The van der Waals surface area contributed by atoms with Gasteiger partial charge >= 0.3 is 11.7 Å². The number of nitrogens with zero attached hydrogens (tertiary/aromatic N) is 1. The van der Waals surface area contributed by atoms with Crippen molar-refractivity contribution < 1.29 is 9.52 Å². The van der Waals surface area contributed by atoms with Gasteiger partial charge in [0.05, 0.1) is 0 Å². The predicted octanol–water partition coefficient (Wildman–Crippen LogP) is 0.0931. The molecule has 0 spiro atoms. The molecule has 2 heterocycles. The fourth-order valence-electron chi connectivity index (χ4n) is 1.30. The zero-order chi connectivity index (χ0) is 7.14. The number of aromatic nitrogens is 1. The molecule has 1 aromatic heterocycles. The summed E-state index contributed by atoms with van der Waals surface area (Å²) in [6, 6.07) is 0. The van der Waals surface area contributed by atoms with Gasteiger partial charge in [-0.25, -0.2) is 4.79 Å². The molecule has 0 amide bonds. The molecule has 4 nitrogen and oxygen atoms in total. The maximum absolute atomic E-state index is 10.8. The van der Waals surface area contributed by atoms with E-state index in [4.69, 9.17) is 5.11 Å². The molecule has 1 aliphatic rings. The minimum atomic E-state index is -0.440. The Balaban J connectivity index is 2.73. The van der Waals surface area contributed by atoms with Crippen LogP contribution in [0.2, 0.25) is 0 Å². The number of aromatic hydroxyl groups is 1. The zero-order valence-corrected chi connectivity index (χ0v) is 5.33. The monoisotopic (exact) mass is 141 g/mol. The van der Waals surface area contributed by atoms with Crippen molar-refractivity contribution in [2.45, 2.75) is 19.4 Å². The van der Waals surface area contributed by atoms with Crippen molar-refractivity contribution in [2.24, 2.45) is 0 Å². The molecule has 4 heteroatoms. The molecule has 0 radical (unpaired) electrons. The lowest BCUT2D eigenvalue weighted by Crippen LogP contribution is -2.11. The standard InChI is InChI=1S/C6H7NO3/c8-5-4-2-1-3-7(4)6(9)10-5/h8H,1-3H2. The van der Waals surface area contributed by atoms with Crippen LogP contribution >= 0.6 is 0 Å². The Morgan fingerprint density at radius 1 is 1.60 bits per heavy atom. The Bertz CT molecular complexity index is 309. The first-order valence-electron chi connectivity index (χ1n) is 3.20. The van der Waals surface area contributed by atoms with Gasteiger partial charge in [0.15, 0.2) is 0 Å². The molecule has 0 bridgehead atoms. The zero-order valence-electron chi connectivity index (χ0n) is 5.33. The highest BCUT2D eigenvalue weighted by atomic mass is 16.5. The molecule has 0 aromatic carbocycles. The average molecular weight is 141 g/mol. The average Bonchev–Trinajstić information content (AvgIpc) is 2.39. The molecule has 0 fully saturated rings. The number of hydrogen-bond donors (Lipinski definition) is 1. The second kappa shape index (κ2) is 1.65. The van der Waals surface area contributed by atoms with Crippen molar-refractivity contribution in [1.29, 1.82) is 0 Å². The Morgan fingerprint density at radius 3 is 3.10 bits per heavy atom. The van der Waals surface area contributed by atoms with Crippen molar-refractivity contribution in [3.8, 4) is 5.95 Å². The van der Waals surface area contributed by atoms with Gasteiger partial charge in [-0.15, -0.1) is 0 Å². The highest BCUT2D eigenvalue weighted by Crippen LogP contribution is 2.21. The van der Waals surface area contributed by atoms with Gasteiger partial charge in [0.1, 0.15) is 5.69 Å². The fourth-order valence-corrected chi connectivity index (χ4v) is 1.30. The first-order chi connectivity index (χ1) is 4.79. The molecule has 1 aliphatic heterocycles. The number of rotatable bonds is 0. The number of oxazole rings is 1. The van der Waals surface area contributed by atoms with Crippen molar-refractivity contribution in [2.75, 3.05) is 0 Å². The second-order valence-electron chi connectivity index (χ2n) is 2.38. The van der Waals surface area contributed by atoms with E-state index in [2.05, 4.69) is 4.42 Å². The Labute approximate surface area is 56.7 Å². The molecule has 1 N–H and O–H groups in total. The Kier molecular flexibility index (Phi) is 0.922. The molecule has 10 heavy (non-hydrogen) atoms. The maximum Gasteiger partial charge on any atom is 0.422 e. The summed E-state index contributed by atoms with van der Waals surface area (Å²) < 4.78 is 5.92. The molecule has 54 valence electrons. The van der Waals surface area contributed by atoms with E-state index < -0.39 is 5.76 Å². The summed E-state index contributed by atoms with van der Waals surface area (Å²) in [6.45, 7) is 0.679. The molecule has 0 saturated heterocycles. The topological polar surface area (TPSA) is 55.4 Å². The normalized spacial score (nSPS) is 15.6. The van der Waals surface area contributed by atoms with E-state index in [0.29, 0.717) is 12.2 Å². The highest BCUT2D eigenvalue weighted by Gasteiger charge is 2.20. The van der Waals surface area contributed by atoms with Crippen molar-refractivity contribution in [1.82, 2.24) is 4.57 Å². The van der Waals surface area contributed by atoms with Crippen LogP contribution < -0.4 is 5.76 Å². The molecule has 0 atom stereocenters. The van der Waals surface area contributed by atoms with Crippen LogP contribution in [0.5, 0.6) is 5.95 Å². The van der Waals surface area contributed by atoms with Crippen molar-refractivity contribution in [3.05, 3.63) is 16.2 Å². The second-order valence-corrected chi connectivity index (χ2v) is 2.38. The SMILES string of the molecule is O=c1oc(O)c2n1CCC2. The largest absolute Gasteiger partial charge is 0.479 e. The summed E-state index contributed by atoms with van der Waals surface area (Å²) in [4.78, 5) is 10.8. The van der Waals surface area contributed by atoms with Crippen LogP contribution in [0.25, 0.3) is 0 Å². The molecule has 2 rings (SSSR count). The van der Waals surface area contributed by atoms with Gasteiger partial charge in [0.25, 0.3) is 0 Å². The van der Waals surface area contributed by atoms with Gasteiger partial charge in [0.2, 0.25) is 0 Å². The van der Waals surface area contributed by atoms with E-state index in [1.807, 2.05) is 0 Å². The molecule has 1 aromatic rings. The smallest absolute Gasteiger partial charge is 0.422 e. The molecular weight excluding hydrogens is 134 g/mol. The van der Waals surface area contributed by atoms with E-state index in [-0.39, 0.29) is 5.95 Å². The van der Waals surface area contributed by atoms with Crippen LogP contribution in [0.3, 0.4) is 0 Å². The van der Waals surface area contributed by atoms with E-state index in [1.54, 1.807) is 0 Å². The van der Waals surface area contributed by atoms with Crippen molar-refractivity contribution in [3.63, 3.8) is 0 Å². The number of fused-ring (bicyclic) bond motifs is 1. The third-order valence-electron chi connectivity index (χ3n) is 1.77. The summed E-state index contributed by atoms with van der Waals surface area (Å²) in [5.74, 6) is -0.646. The van der Waals surface area contributed by atoms with E-state index in [1.165, 1.54) is 4.57 Å². The van der Waals surface area contributed by atoms with Gasteiger partial charge in [-0.3, -0.25) is 4.57 Å². The third-order valence-corrected chi connectivity index (χ3v) is 1.77. The summed E-state index contributed by atoms with van der Waals surface area (Å²) in [7, 11) is 0. The first kappa shape index (κ1) is 5.58. The van der Waals surface area contributed by atoms with E-state index >= 15 is 0 Å². The molecule has 0 saturated carbocycles. The molecular formula is C6H7NO3. The summed E-state index contributed by atoms with van der Waals surface area (Å²) in [6.07, 6.45) is 1.67. The summed E-state index contributed by atoms with van der Waals surface area (Å²) in [5, 5.41) is 8.96. The van der Waals surface area contributed by atoms with E-state index in [9.17, 15) is 4.79 Å². The number of hydrogen-bond acceptors (Lipinski definition) is 3.